The molecule has 27 heavy (non-hydrogen) atoms. The van der Waals surface area contributed by atoms with E-state index >= 15 is 0 Å². The molecule has 0 atom stereocenters. The van der Waals surface area contributed by atoms with Gasteiger partial charge in [0.05, 0.1) is 22.1 Å². The molecule has 3 amide bonds. The molecule has 0 bridgehead atoms. The summed E-state index contributed by atoms with van der Waals surface area (Å²) in [6, 6.07) is 9.93. The van der Waals surface area contributed by atoms with Gasteiger partial charge < -0.3 is 16.4 Å². The number of nitrogens with one attached hydrogen (secondary N) is 2. The molecule has 2 rings (SSSR count). The SMILES string of the molecule is NC(=O)CNC(=O)c1ccc(CNC(=O)c2ccc([N+](=O)[O-])cc2Cl)cc1. The van der Waals surface area contributed by atoms with Gasteiger partial charge in [-0.1, -0.05) is 23.7 Å². The van der Waals surface area contributed by atoms with Crippen molar-refractivity contribution < 1.29 is 19.3 Å². The molecule has 0 fully saturated rings. The molecule has 0 aliphatic rings. The number of carbonyl (C=O) groups is 3. The smallest absolute Gasteiger partial charge is 0.270 e. The third-order valence-electron chi connectivity index (χ3n) is 3.50. The summed E-state index contributed by atoms with van der Waals surface area (Å²) in [5.41, 5.74) is 5.92. The average Bonchev–Trinajstić information content (AvgIpc) is 2.64. The zero-order valence-corrected chi connectivity index (χ0v) is 14.7. The van der Waals surface area contributed by atoms with Crippen molar-refractivity contribution in [1.29, 1.82) is 0 Å². The van der Waals surface area contributed by atoms with Crippen LogP contribution in [0.3, 0.4) is 0 Å². The average molecular weight is 391 g/mol. The summed E-state index contributed by atoms with van der Waals surface area (Å²) in [7, 11) is 0. The molecule has 0 saturated heterocycles. The van der Waals surface area contributed by atoms with Crippen LogP contribution in [0.1, 0.15) is 26.3 Å². The first-order valence-electron chi connectivity index (χ1n) is 7.65. The Morgan fingerprint density at radius 3 is 2.26 bits per heavy atom. The second-order valence-corrected chi connectivity index (χ2v) is 5.86. The standard InChI is InChI=1S/C17H15ClN4O5/c18-14-7-12(22(26)27)5-6-13(14)17(25)20-8-10-1-3-11(4-2-10)16(24)21-9-15(19)23/h1-7H,8-9H2,(H2,19,23)(H,20,25)(H,21,24). The van der Waals surface area contributed by atoms with E-state index in [1.807, 2.05) is 0 Å². The molecular weight excluding hydrogens is 376 g/mol. The molecule has 140 valence electrons. The van der Waals surface area contributed by atoms with E-state index in [2.05, 4.69) is 10.6 Å². The molecule has 2 aromatic carbocycles. The van der Waals surface area contributed by atoms with Crippen molar-refractivity contribution in [2.24, 2.45) is 5.73 Å². The highest BCUT2D eigenvalue weighted by molar-refractivity contribution is 6.34. The Morgan fingerprint density at radius 2 is 1.70 bits per heavy atom. The molecule has 0 heterocycles. The van der Waals surface area contributed by atoms with E-state index in [0.717, 1.165) is 6.07 Å². The zero-order chi connectivity index (χ0) is 20.0. The fourth-order valence-electron chi connectivity index (χ4n) is 2.12. The minimum Gasteiger partial charge on any atom is -0.368 e. The number of rotatable bonds is 7. The van der Waals surface area contributed by atoms with Gasteiger partial charge in [-0.25, -0.2) is 0 Å². The number of non-ortho nitro benzene ring substituents is 1. The Kier molecular flexibility index (Phi) is 6.45. The molecule has 0 saturated carbocycles. The van der Waals surface area contributed by atoms with Crippen molar-refractivity contribution in [3.63, 3.8) is 0 Å². The molecule has 0 radical (unpaired) electrons. The number of nitro benzene ring substituents is 1. The van der Waals surface area contributed by atoms with Crippen molar-refractivity contribution in [3.8, 4) is 0 Å². The summed E-state index contributed by atoms with van der Waals surface area (Å²) in [5.74, 6) is -1.58. The summed E-state index contributed by atoms with van der Waals surface area (Å²) in [5, 5.41) is 15.7. The summed E-state index contributed by atoms with van der Waals surface area (Å²) in [4.78, 5) is 44.7. The van der Waals surface area contributed by atoms with Crippen LogP contribution in [0.4, 0.5) is 5.69 Å². The van der Waals surface area contributed by atoms with Gasteiger partial charge in [0.2, 0.25) is 5.91 Å². The molecule has 9 nitrogen and oxygen atoms in total. The van der Waals surface area contributed by atoms with Crippen molar-refractivity contribution in [2.45, 2.75) is 6.54 Å². The fourth-order valence-corrected chi connectivity index (χ4v) is 2.38. The highest BCUT2D eigenvalue weighted by Gasteiger charge is 2.15. The van der Waals surface area contributed by atoms with Crippen LogP contribution < -0.4 is 16.4 Å². The molecule has 0 spiro atoms. The Morgan fingerprint density at radius 1 is 1.04 bits per heavy atom. The van der Waals surface area contributed by atoms with Gasteiger partial charge in [-0.2, -0.15) is 0 Å². The van der Waals surface area contributed by atoms with Gasteiger partial charge in [0.15, 0.2) is 0 Å². The van der Waals surface area contributed by atoms with Crippen molar-refractivity contribution in [3.05, 3.63) is 74.3 Å². The first kappa shape index (κ1) is 19.9. The number of hydrogen-bond acceptors (Lipinski definition) is 5. The maximum Gasteiger partial charge on any atom is 0.270 e. The number of primary amides is 1. The van der Waals surface area contributed by atoms with Gasteiger partial charge in [-0.05, 0) is 23.8 Å². The maximum atomic E-state index is 12.2. The fraction of sp³-hybridized carbons (Fsp3) is 0.118. The Bertz CT molecular complexity index is 899. The minimum atomic E-state index is -0.646. The molecule has 4 N–H and O–H groups in total. The van der Waals surface area contributed by atoms with E-state index in [-0.39, 0.29) is 29.4 Å². The highest BCUT2D eigenvalue weighted by atomic mass is 35.5. The molecule has 0 aromatic heterocycles. The van der Waals surface area contributed by atoms with E-state index in [4.69, 9.17) is 17.3 Å². The van der Waals surface area contributed by atoms with E-state index < -0.39 is 22.6 Å². The van der Waals surface area contributed by atoms with E-state index in [0.29, 0.717) is 11.1 Å². The van der Waals surface area contributed by atoms with Crippen molar-refractivity contribution in [1.82, 2.24) is 10.6 Å². The first-order chi connectivity index (χ1) is 12.8. The van der Waals surface area contributed by atoms with Gasteiger partial charge in [0, 0.05) is 24.2 Å². The first-order valence-corrected chi connectivity index (χ1v) is 8.03. The van der Waals surface area contributed by atoms with Crippen LogP contribution in [-0.4, -0.2) is 29.2 Å². The van der Waals surface area contributed by atoms with Gasteiger partial charge >= 0.3 is 0 Å². The number of carbonyl (C=O) groups excluding carboxylic acids is 3. The quantitative estimate of drug-likeness (QED) is 0.483. The number of hydrogen-bond donors (Lipinski definition) is 3. The molecule has 10 heteroatoms. The second kappa shape index (κ2) is 8.77. The largest absolute Gasteiger partial charge is 0.368 e. The normalized spacial score (nSPS) is 10.1. The Hall–Kier alpha value is -3.46. The number of halogens is 1. The van der Waals surface area contributed by atoms with Crippen LogP contribution in [0.15, 0.2) is 42.5 Å². The Balaban J connectivity index is 1.96. The van der Waals surface area contributed by atoms with Crippen LogP contribution >= 0.6 is 11.6 Å². The third-order valence-corrected chi connectivity index (χ3v) is 3.81. The monoisotopic (exact) mass is 390 g/mol. The lowest BCUT2D eigenvalue weighted by molar-refractivity contribution is -0.384. The van der Waals surface area contributed by atoms with Crippen LogP contribution in [0.2, 0.25) is 5.02 Å². The summed E-state index contributed by atoms with van der Waals surface area (Å²) < 4.78 is 0. The van der Waals surface area contributed by atoms with Crippen LogP contribution in [-0.2, 0) is 11.3 Å². The van der Waals surface area contributed by atoms with E-state index in [1.54, 1.807) is 12.1 Å². The number of nitrogens with two attached hydrogens (primary N) is 1. The van der Waals surface area contributed by atoms with Crippen LogP contribution in [0.5, 0.6) is 0 Å². The molecule has 0 unspecified atom stereocenters. The van der Waals surface area contributed by atoms with Crippen molar-refractivity contribution in [2.75, 3.05) is 6.54 Å². The summed E-state index contributed by atoms with van der Waals surface area (Å²) in [6.45, 7) is -0.0953. The third kappa shape index (κ3) is 5.51. The highest BCUT2D eigenvalue weighted by Crippen LogP contribution is 2.22. The van der Waals surface area contributed by atoms with E-state index in [9.17, 15) is 24.5 Å². The number of benzene rings is 2. The van der Waals surface area contributed by atoms with Gasteiger partial charge in [0.25, 0.3) is 17.5 Å². The summed E-state index contributed by atoms with van der Waals surface area (Å²) >= 11 is 5.92. The molecule has 2 aromatic rings. The minimum absolute atomic E-state index is 0.0248. The number of nitro groups is 1. The predicted molar refractivity (Wildman–Crippen MR) is 97.2 cm³/mol. The predicted octanol–water partition coefficient (Wildman–Crippen LogP) is 1.39. The molecule has 0 aliphatic carbocycles. The molecule has 0 aliphatic heterocycles. The zero-order valence-electron chi connectivity index (χ0n) is 13.9. The van der Waals surface area contributed by atoms with E-state index in [1.165, 1.54) is 24.3 Å². The topological polar surface area (TPSA) is 144 Å². The van der Waals surface area contributed by atoms with Gasteiger partial charge in [0.1, 0.15) is 0 Å². The van der Waals surface area contributed by atoms with Crippen LogP contribution in [0, 0.1) is 10.1 Å². The van der Waals surface area contributed by atoms with Gasteiger partial charge in [-0.3, -0.25) is 24.5 Å². The maximum absolute atomic E-state index is 12.2. The lowest BCUT2D eigenvalue weighted by Gasteiger charge is -2.08. The number of nitrogens with zero attached hydrogens (tertiary/aromatic N) is 1. The van der Waals surface area contributed by atoms with Gasteiger partial charge in [-0.15, -0.1) is 0 Å². The second-order valence-electron chi connectivity index (χ2n) is 5.45. The number of amides is 3. The Labute approximate surface area is 158 Å². The lowest BCUT2D eigenvalue weighted by atomic mass is 10.1. The van der Waals surface area contributed by atoms with Crippen LogP contribution in [0.25, 0.3) is 0 Å². The van der Waals surface area contributed by atoms with Crippen molar-refractivity contribution >= 4 is 35.0 Å². The molecular formula is C17H15ClN4O5. The lowest BCUT2D eigenvalue weighted by Crippen LogP contribution is -2.33. The summed E-state index contributed by atoms with van der Waals surface area (Å²) in [6.07, 6.45) is 0.